The van der Waals surface area contributed by atoms with E-state index in [0.717, 1.165) is 0 Å². The van der Waals surface area contributed by atoms with Crippen molar-refractivity contribution >= 4 is 47.0 Å². The fourth-order valence-electron chi connectivity index (χ4n) is 13.3. The van der Waals surface area contributed by atoms with Crippen LogP contribution in [0.25, 0.3) is 0 Å². The number of methoxy groups -OCH3 is 8. The van der Waals surface area contributed by atoms with Gasteiger partial charge in [0.2, 0.25) is 0 Å². The van der Waals surface area contributed by atoms with E-state index in [0.29, 0.717) is 0 Å². The molecule has 0 aromatic heterocycles. The van der Waals surface area contributed by atoms with Gasteiger partial charge in [-0.05, 0) is 103 Å². The zero-order chi connectivity index (χ0) is 75.1. The molecule has 5 rings (SSSR count). The molecule has 0 saturated carbocycles. The highest BCUT2D eigenvalue weighted by Crippen LogP contribution is 2.56. The Morgan fingerprint density at radius 3 is 0.530 bits per heavy atom. The van der Waals surface area contributed by atoms with Crippen LogP contribution in [0.1, 0.15) is 155 Å². The van der Waals surface area contributed by atoms with E-state index in [2.05, 4.69) is 21.3 Å². The molecule has 552 valence electrons. The molecule has 4 atom stereocenters. The topological polar surface area (TPSA) is 295 Å². The van der Waals surface area contributed by atoms with E-state index < -0.39 is 143 Å². The lowest BCUT2D eigenvalue weighted by Crippen LogP contribution is -2.50. The molecule has 0 aliphatic heterocycles. The van der Waals surface area contributed by atoms with Gasteiger partial charge in [-0.3, -0.25) is 59.6 Å². The smallest absolute Gasteiger partial charge is 0.323 e. The maximum Gasteiger partial charge on any atom is 0.323 e. The highest BCUT2D eigenvalue weighted by Gasteiger charge is 2.53. The molecule has 4 N–H and O–H groups in total. The number of ether oxygens (including phenoxy) is 12. The molecule has 0 amide bonds. The Labute approximate surface area is 589 Å². The molecule has 0 unspecified atom stereocenters. The number of hydrogen-bond acceptors (Lipinski definition) is 24. The number of carbonyl (C=O) groups excluding carboxylic acids is 8. The maximum absolute atomic E-state index is 16.6. The number of ketones is 4. The lowest BCUT2D eigenvalue weighted by atomic mass is 9.63. The Hall–Kier alpha value is -8.32. The molecule has 0 spiro atoms. The van der Waals surface area contributed by atoms with Gasteiger partial charge in [0.15, 0.2) is 23.1 Å². The molecule has 0 radical (unpaired) electrons. The van der Waals surface area contributed by atoms with Gasteiger partial charge in [0.1, 0.15) is 70.2 Å². The first-order valence-electron chi connectivity index (χ1n) is 34.0. The third-order valence-corrected chi connectivity index (χ3v) is 19.4. The van der Waals surface area contributed by atoms with Crippen molar-refractivity contribution in [2.75, 3.05) is 109 Å². The summed E-state index contributed by atoms with van der Waals surface area (Å²) in [6.07, 6.45) is 0. The first-order valence-corrected chi connectivity index (χ1v) is 34.0. The van der Waals surface area contributed by atoms with Crippen LogP contribution in [-0.2, 0) is 79.0 Å². The van der Waals surface area contributed by atoms with Crippen LogP contribution in [0.4, 0.5) is 0 Å². The first kappa shape index (κ1) is 82.3. The van der Waals surface area contributed by atoms with E-state index in [1.54, 1.807) is 135 Å². The molecular formula is C76H108N4O20. The van der Waals surface area contributed by atoms with Crippen molar-refractivity contribution in [1.29, 1.82) is 0 Å². The van der Waals surface area contributed by atoms with E-state index in [4.69, 9.17) is 56.8 Å². The fraction of sp³-hybridized carbons (Fsp3) is 0.579. The third-order valence-electron chi connectivity index (χ3n) is 19.4. The third kappa shape index (κ3) is 16.4. The Bertz CT molecular complexity index is 3030. The Morgan fingerprint density at radius 1 is 0.280 bits per heavy atom. The molecule has 24 heteroatoms. The van der Waals surface area contributed by atoms with Crippen molar-refractivity contribution in [1.82, 2.24) is 21.3 Å². The molecule has 0 saturated heterocycles. The van der Waals surface area contributed by atoms with E-state index in [1.165, 1.54) is 81.1 Å². The molecule has 24 nitrogen and oxygen atoms in total. The van der Waals surface area contributed by atoms with E-state index in [-0.39, 0.29) is 117 Å². The Morgan fingerprint density at radius 2 is 0.420 bits per heavy atom. The van der Waals surface area contributed by atoms with Gasteiger partial charge >= 0.3 is 23.9 Å². The van der Waals surface area contributed by atoms with Gasteiger partial charge in [0.05, 0.1) is 131 Å². The van der Waals surface area contributed by atoms with Gasteiger partial charge in [0.25, 0.3) is 0 Å². The summed E-state index contributed by atoms with van der Waals surface area (Å²) in [5.41, 5.74) is -7.47. The Kier molecular flexibility index (Phi) is 29.1. The molecule has 4 aromatic rings. The van der Waals surface area contributed by atoms with Crippen molar-refractivity contribution in [3.8, 4) is 46.0 Å². The highest BCUT2D eigenvalue weighted by atomic mass is 16.5. The van der Waals surface area contributed by atoms with Crippen molar-refractivity contribution in [2.24, 2.45) is 23.7 Å². The average molecular weight is 1400 g/mol. The molecular weight excluding hydrogens is 1290 g/mol. The summed E-state index contributed by atoms with van der Waals surface area (Å²) in [4.78, 5) is 122. The lowest BCUT2D eigenvalue weighted by molar-refractivity contribution is -0.148. The van der Waals surface area contributed by atoms with Gasteiger partial charge < -0.3 is 56.8 Å². The standard InChI is InChI=1S/C76H108N4O20/c1-25-97-69(85)65(41(5)6)77-37-61(81)73(13)45-29-47(55(91-19)33-53(45)89-17)74(14,62(82)38-78-66(42(7)8)70(86)98-26-2)49-31-51(59(95-23)35-57(49)93-21)76(16,64(84)40-80-68(44(11)12)72(88)100-28-4)52-32-50(58(94-22)36-60(52)96-24)75(15,48-30-46(73)54(90-18)34-56(48)92-20)63(83)39-79-67(43(9)10)71(87)99-27-3/h29-36,41-44,65-68,77-80H,25-28,37-40H2,1-24H3/t65-,66-,67-,68-,73?,74?,75?,76?/m0/s1. The molecule has 0 fully saturated rings. The van der Waals surface area contributed by atoms with Gasteiger partial charge in [-0.15, -0.1) is 0 Å². The zero-order valence-electron chi connectivity index (χ0n) is 63.1. The van der Waals surface area contributed by atoms with Crippen molar-refractivity contribution in [3.05, 3.63) is 93.0 Å². The minimum absolute atomic E-state index is 0.0525. The van der Waals surface area contributed by atoms with Crippen LogP contribution in [0.2, 0.25) is 0 Å². The second kappa shape index (κ2) is 35.3. The second-order valence-corrected chi connectivity index (χ2v) is 26.6. The predicted molar refractivity (Wildman–Crippen MR) is 377 cm³/mol. The van der Waals surface area contributed by atoms with Gasteiger partial charge in [-0.1, -0.05) is 55.4 Å². The van der Waals surface area contributed by atoms with Crippen LogP contribution in [-0.4, -0.2) is 181 Å². The molecule has 0 heterocycles. The van der Waals surface area contributed by atoms with E-state index in [1.807, 2.05) is 0 Å². The van der Waals surface area contributed by atoms with Crippen LogP contribution >= 0.6 is 0 Å². The monoisotopic (exact) mass is 1400 g/mol. The molecule has 4 aromatic carbocycles. The molecule has 8 bridgehead atoms. The van der Waals surface area contributed by atoms with Crippen LogP contribution in [0.5, 0.6) is 46.0 Å². The number of rotatable bonds is 36. The summed E-state index contributed by atoms with van der Waals surface area (Å²) in [5.74, 6) is -6.00. The van der Waals surface area contributed by atoms with Crippen molar-refractivity contribution in [3.63, 3.8) is 0 Å². The quantitative estimate of drug-likeness (QED) is 0.0246. The molecule has 1 aliphatic rings. The normalized spacial score (nSPS) is 19.2. The highest BCUT2D eigenvalue weighted by molar-refractivity contribution is 6.03. The minimum atomic E-state index is -2.07. The van der Waals surface area contributed by atoms with Crippen molar-refractivity contribution in [2.45, 2.75) is 157 Å². The number of benzene rings is 4. The van der Waals surface area contributed by atoms with Crippen molar-refractivity contribution < 1.29 is 95.2 Å². The summed E-state index contributed by atoms with van der Waals surface area (Å²) in [6, 6.07) is 8.56. The minimum Gasteiger partial charge on any atom is -0.496 e. The number of fused-ring (bicyclic) bond motifs is 8. The Balaban J connectivity index is 2.31. The van der Waals surface area contributed by atoms with Crippen LogP contribution in [0.3, 0.4) is 0 Å². The van der Waals surface area contributed by atoms with Gasteiger partial charge in [0, 0.05) is 68.8 Å². The van der Waals surface area contributed by atoms with Gasteiger partial charge in [-0.2, -0.15) is 0 Å². The summed E-state index contributed by atoms with van der Waals surface area (Å²) < 4.78 is 73.1. The number of Topliss-reactive ketones (excluding diaryl/α,β-unsaturated/α-hetero) is 4. The number of carbonyl (C=O) groups is 8. The van der Waals surface area contributed by atoms with Gasteiger partial charge in [-0.25, -0.2) is 0 Å². The summed E-state index contributed by atoms with van der Waals surface area (Å²) in [6.45, 7) is 25.8. The van der Waals surface area contributed by atoms with E-state index >= 15 is 19.2 Å². The number of hydrogen-bond donors (Lipinski definition) is 4. The summed E-state index contributed by atoms with van der Waals surface area (Å²) in [7, 11) is 11.2. The lowest BCUT2D eigenvalue weighted by Gasteiger charge is -2.40. The van der Waals surface area contributed by atoms with Crippen LogP contribution in [0.15, 0.2) is 48.5 Å². The number of nitrogens with one attached hydrogen (secondary N) is 4. The molecule has 100 heavy (non-hydrogen) atoms. The summed E-state index contributed by atoms with van der Waals surface area (Å²) in [5, 5.41) is 12.8. The molecule has 1 aliphatic carbocycles. The fourth-order valence-corrected chi connectivity index (χ4v) is 13.3. The predicted octanol–water partition coefficient (Wildman–Crippen LogP) is 8.28. The summed E-state index contributed by atoms with van der Waals surface area (Å²) >= 11 is 0. The van der Waals surface area contributed by atoms with Crippen LogP contribution < -0.4 is 59.2 Å². The number of esters is 4. The SMILES string of the molecule is CCOC(=O)[C@@H](NCC(=O)C1(C)c2cc(c(OC)cc2OC)C(C)(C(=O)CN[C@H](C(=O)OCC)C(C)C)c2cc(c(OC)cc2OC)C(C)(C(=O)CN[C@H](C(=O)OCC)C(C)C)c2cc(c(OC)cc2OC)C(C)(C(=O)CN[C@H](C(=O)OCC)C(C)C)c2cc1c(OC)cc2OC)C(C)C. The first-order chi connectivity index (χ1) is 47.2. The second-order valence-electron chi connectivity index (χ2n) is 26.6. The largest absolute Gasteiger partial charge is 0.496 e. The zero-order valence-corrected chi connectivity index (χ0v) is 63.1. The average Bonchev–Trinajstić information content (AvgIpc) is 0.709. The van der Waals surface area contributed by atoms with Crippen LogP contribution in [0, 0.1) is 23.7 Å². The van der Waals surface area contributed by atoms with E-state index in [9.17, 15) is 19.2 Å². The maximum atomic E-state index is 16.6.